The second-order valence-electron chi connectivity index (χ2n) is 2.65. The summed E-state index contributed by atoms with van der Waals surface area (Å²) in [5, 5.41) is -0.652. The second kappa shape index (κ2) is 3.92. The molecule has 0 saturated heterocycles. The SMILES string of the molecule is CCC(Cl)(OC)c1ccccc1. The third kappa shape index (κ3) is 1.79. The Morgan fingerprint density at radius 2 is 1.92 bits per heavy atom. The number of ether oxygens (including phenoxy) is 1. The number of alkyl halides is 1. The fraction of sp³-hybridized carbons (Fsp3) is 0.400. The summed E-state index contributed by atoms with van der Waals surface area (Å²) in [4.78, 5) is 0. The minimum absolute atomic E-state index is 0.652. The third-order valence-corrected chi connectivity index (χ3v) is 2.62. The van der Waals surface area contributed by atoms with Gasteiger partial charge >= 0.3 is 0 Å². The van der Waals surface area contributed by atoms with E-state index in [9.17, 15) is 0 Å². The van der Waals surface area contributed by atoms with Gasteiger partial charge in [-0.25, -0.2) is 0 Å². The van der Waals surface area contributed by atoms with E-state index in [0.29, 0.717) is 0 Å². The first kappa shape index (κ1) is 9.56. The molecule has 1 atom stereocenters. The summed E-state index contributed by atoms with van der Waals surface area (Å²) < 4.78 is 5.24. The summed E-state index contributed by atoms with van der Waals surface area (Å²) in [7, 11) is 1.63. The van der Waals surface area contributed by atoms with Crippen LogP contribution in [0.1, 0.15) is 18.9 Å². The van der Waals surface area contributed by atoms with Gasteiger partial charge in [-0.15, -0.1) is 0 Å². The van der Waals surface area contributed by atoms with Gasteiger partial charge in [0.25, 0.3) is 0 Å². The molecule has 2 heteroatoms. The van der Waals surface area contributed by atoms with Crippen molar-refractivity contribution in [2.75, 3.05) is 7.11 Å². The van der Waals surface area contributed by atoms with E-state index >= 15 is 0 Å². The zero-order valence-corrected chi connectivity index (χ0v) is 8.14. The Balaban J connectivity index is 2.95. The quantitative estimate of drug-likeness (QED) is 0.656. The van der Waals surface area contributed by atoms with Gasteiger partial charge in [0.1, 0.15) is 0 Å². The van der Waals surface area contributed by atoms with Gasteiger partial charge in [0.2, 0.25) is 0 Å². The van der Waals surface area contributed by atoms with Crippen molar-refractivity contribution in [3.8, 4) is 0 Å². The van der Waals surface area contributed by atoms with Crippen LogP contribution < -0.4 is 0 Å². The molecule has 0 bridgehead atoms. The van der Waals surface area contributed by atoms with E-state index in [1.54, 1.807) is 7.11 Å². The van der Waals surface area contributed by atoms with Gasteiger partial charge in [0, 0.05) is 7.11 Å². The first-order chi connectivity index (χ1) is 5.73. The summed E-state index contributed by atoms with van der Waals surface area (Å²) in [6.45, 7) is 2.00. The molecular formula is C10H13ClO. The molecule has 0 aliphatic rings. The maximum atomic E-state index is 6.21. The van der Waals surface area contributed by atoms with Crippen molar-refractivity contribution in [1.82, 2.24) is 0 Å². The molecule has 0 aromatic heterocycles. The topological polar surface area (TPSA) is 9.23 Å². The normalized spacial score (nSPS) is 15.6. The lowest BCUT2D eigenvalue weighted by Crippen LogP contribution is -2.19. The number of methoxy groups -OCH3 is 1. The number of hydrogen-bond donors (Lipinski definition) is 0. The molecule has 0 spiro atoms. The second-order valence-corrected chi connectivity index (χ2v) is 3.26. The van der Waals surface area contributed by atoms with Crippen molar-refractivity contribution in [2.45, 2.75) is 18.4 Å². The van der Waals surface area contributed by atoms with Gasteiger partial charge in [-0.2, -0.15) is 0 Å². The van der Waals surface area contributed by atoms with Crippen LogP contribution in [0, 0.1) is 0 Å². The molecule has 1 aromatic rings. The molecule has 0 fully saturated rings. The van der Waals surface area contributed by atoms with Crippen LogP contribution in [0.15, 0.2) is 30.3 Å². The number of halogens is 1. The third-order valence-electron chi connectivity index (χ3n) is 1.98. The van der Waals surface area contributed by atoms with Crippen LogP contribution in [0.25, 0.3) is 0 Å². The van der Waals surface area contributed by atoms with Crippen LogP contribution in [0.4, 0.5) is 0 Å². The zero-order chi connectivity index (χ0) is 9.03. The van der Waals surface area contributed by atoms with Crippen molar-refractivity contribution in [3.05, 3.63) is 35.9 Å². The fourth-order valence-corrected chi connectivity index (χ4v) is 1.28. The maximum Gasteiger partial charge on any atom is 0.166 e. The number of rotatable bonds is 3. The van der Waals surface area contributed by atoms with Crippen molar-refractivity contribution < 1.29 is 4.74 Å². The lowest BCUT2D eigenvalue weighted by Gasteiger charge is -2.24. The first-order valence-electron chi connectivity index (χ1n) is 4.02. The van der Waals surface area contributed by atoms with E-state index in [1.165, 1.54) is 0 Å². The monoisotopic (exact) mass is 184 g/mol. The van der Waals surface area contributed by atoms with Gasteiger partial charge in [-0.1, -0.05) is 48.9 Å². The summed E-state index contributed by atoms with van der Waals surface area (Å²) in [5.41, 5.74) is 1.01. The summed E-state index contributed by atoms with van der Waals surface area (Å²) in [6, 6.07) is 9.83. The molecule has 1 unspecified atom stereocenters. The Kier molecular flexibility index (Phi) is 3.12. The lowest BCUT2D eigenvalue weighted by molar-refractivity contribution is 0.0584. The van der Waals surface area contributed by atoms with Crippen molar-refractivity contribution in [1.29, 1.82) is 0 Å². The lowest BCUT2D eigenvalue weighted by atomic mass is 10.1. The Morgan fingerprint density at radius 3 is 2.33 bits per heavy atom. The Labute approximate surface area is 78.3 Å². The van der Waals surface area contributed by atoms with Crippen LogP contribution in [0.2, 0.25) is 0 Å². The predicted octanol–water partition coefficient (Wildman–Crippen LogP) is 3.13. The zero-order valence-electron chi connectivity index (χ0n) is 7.38. The Bertz CT molecular complexity index is 229. The molecule has 1 aromatic carbocycles. The van der Waals surface area contributed by atoms with Crippen LogP contribution >= 0.6 is 11.6 Å². The van der Waals surface area contributed by atoms with E-state index in [2.05, 4.69) is 0 Å². The largest absolute Gasteiger partial charge is 0.359 e. The van der Waals surface area contributed by atoms with Gasteiger partial charge in [-0.3, -0.25) is 0 Å². The molecule has 0 heterocycles. The van der Waals surface area contributed by atoms with Crippen LogP contribution in [-0.4, -0.2) is 7.11 Å². The van der Waals surface area contributed by atoms with E-state index < -0.39 is 5.06 Å². The summed E-state index contributed by atoms with van der Waals surface area (Å²) in [6.07, 6.45) is 0.759. The molecule has 0 aliphatic carbocycles. The minimum atomic E-state index is -0.652. The number of benzene rings is 1. The van der Waals surface area contributed by atoms with Gasteiger partial charge in [-0.05, 0) is 12.0 Å². The van der Waals surface area contributed by atoms with Crippen LogP contribution in [0.3, 0.4) is 0 Å². The number of hydrogen-bond acceptors (Lipinski definition) is 1. The first-order valence-corrected chi connectivity index (χ1v) is 4.40. The maximum absolute atomic E-state index is 6.21. The molecule has 1 rings (SSSR count). The summed E-state index contributed by atoms with van der Waals surface area (Å²) >= 11 is 6.21. The van der Waals surface area contributed by atoms with E-state index in [0.717, 1.165) is 12.0 Å². The van der Waals surface area contributed by atoms with Crippen molar-refractivity contribution >= 4 is 11.6 Å². The van der Waals surface area contributed by atoms with Crippen LogP contribution in [0.5, 0.6) is 0 Å². The molecule has 12 heavy (non-hydrogen) atoms. The van der Waals surface area contributed by atoms with Gasteiger partial charge in [0.05, 0.1) is 0 Å². The molecule has 0 aliphatic heterocycles. The highest BCUT2D eigenvalue weighted by atomic mass is 35.5. The molecule has 0 amide bonds. The smallest absolute Gasteiger partial charge is 0.166 e. The standard InChI is InChI=1S/C10H13ClO/c1-3-10(11,12-2)9-7-5-4-6-8-9/h4-8H,3H2,1-2H3. The van der Waals surface area contributed by atoms with Crippen molar-refractivity contribution in [2.24, 2.45) is 0 Å². The molecular weight excluding hydrogens is 172 g/mol. The van der Waals surface area contributed by atoms with Crippen LogP contribution in [-0.2, 0) is 9.80 Å². The highest BCUT2D eigenvalue weighted by molar-refractivity contribution is 6.22. The van der Waals surface area contributed by atoms with E-state index in [4.69, 9.17) is 16.3 Å². The predicted molar refractivity (Wildman–Crippen MR) is 51.3 cm³/mol. The molecule has 66 valence electrons. The Hall–Kier alpha value is -0.530. The van der Waals surface area contributed by atoms with E-state index in [1.807, 2.05) is 37.3 Å². The minimum Gasteiger partial charge on any atom is -0.359 e. The molecule has 0 saturated carbocycles. The average molecular weight is 185 g/mol. The molecule has 0 radical (unpaired) electrons. The van der Waals surface area contributed by atoms with Gasteiger partial charge in [0.15, 0.2) is 5.06 Å². The highest BCUT2D eigenvalue weighted by Gasteiger charge is 2.25. The van der Waals surface area contributed by atoms with Gasteiger partial charge < -0.3 is 4.74 Å². The van der Waals surface area contributed by atoms with E-state index in [-0.39, 0.29) is 0 Å². The fourth-order valence-electron chi connectivity index (χ4n) is 1.15. The average Bonchev–Trinajstić information content (AvgIpc) is 2.18. The highest BCUT2D eigenvalue weighted by Crippen LogP contribution is 2.32. The molecule has 1 nitrogen and oxygen atoms in total. The molecule has 0 N–H and O–H groups in total. The summed E-state index contributed by atoms with van der Waals surface area (Å²) in [5.74, 6) is 0. The van der Waals surface area contributed by atoms with Crippen molar-refractivity contribution in [3.63, 3.8) is 0 Å². The Morgan fingerprint density at radius 1 is 1.33 bits per heavy atom.